The number of aryl methyl sites for hydroxylation is 1. The molecule has 140 valence electrons. The van der Waals surface area contributed by atoms with E-state index in [1.807, 2.05) is 73.1 Å². The molecule has 4 rings (SSSR count). The minimum absolute atomic E-state index is 0.0148. The van der Waals surface area contributed by atoms with Gasteiger partial charge in [-0.1, -0.05) is 30.3 Å². The molecule has 0 aliphatic heterocycles. The smallest absolute Gasteiger partial charge is 0.331 e. The van der Waals surface area contributed by atoms with Crippen molar-refractivity contribution in [1.82, 2.24) is 14.8 Å². The van der Waals surface area contributed by atoms with Gasteiger partial charge in [-0.15, -0.1) is 0 Å². The predicted octanol–water partition coefficient (Wildman–Crippen LogP) is 4.39. The molecular formula is C22H19N3O3. The maximum Gasteiger partial charge on any atom is 0.331 e. The van der Waals surface area contributed by atoms with E-state index in [1.165, 1.54) is 6.08 Å². The highest BCUT2D eigenvalue weighted by Crippen LogP contribution is 2.19. The Balaban J connectivity index is 1.45. The quantitative estimate of drug-likeness (QED) is 0.383. The first kappa shape index (κ1) is 17.7. The topological polar surface area (TPSA) is 70.2 Å². The molecule has 4 aromatic rings. The summed E-state index contributed by atoms with van der Waals surface area (Å²) in [6, 6.07) is 17.3. The highest BCUT2D eigenvalue weighted by molar-refractivity contribution is 5.87. The van der Waals surface area contributed by atoms with Crippen LogP contribution in [0.15, 0.2) is 65.1 Å². The first-order valence-corrected chi connectivity index (χ1v) is 8.93. The lowest BCUT2D eigenvalue weighted by molar-refractivity contribution is -0.139. The molecule has 2 aromatic heterocycles. The first-order valence-electron chi connectivity index (χ1n) is 8.93. The average molecular weight is 373 g/mol. The fourth-order valence-corrected chi connectivity index (χ4v) is 3.03. The number of rotatable bonds is 5. The van der Waals surface area contributed by atoms with Gasteiger partial charge in [0.15, 0.2) is 12.2 Å². The molecular weight excluding hydrogens is 354 g/mol. The number of aromatic nitrogens is 3. The summed E-state index contributed by atoms with van der Waals surface area (Å²) in [6.07, 6.45) is 3.13. The second kappa shape index (κ2) is 7.52. The SMILES string of the molecule is Cc1nn(-c2ccccc2)c(C)c1/C=C/C(=O)OCc1nc2ccccc2o1. The normalized spacial score (nSPS) is 11.4. The Morgan fingerprint density at radius 2 is 1.86 bits per heavy atom. The first-order chi connectivity index (χ1) is 13.6. The van der Waals surface area contributed by atoms with Crippen molar-refractivity contribution >= 4 is 23.1 Å². The molecule has 0 spiro atoms. The van der Waals surface area contributed by atoms with Crippen molar-refractivity contribution in [2.75, 3.05) is 0 Å². The molecule has 0 atom stereocenters. The molecule has 0 saturated carbocycles. The van der Waals surface area contributed by atoms with E-state index in [0.717, 1.165) is 28.2 Å². The molecule has 0 saturated heterocycles. The van der Waals surface area contributed by atoms with E-state index in [1.54, 1.807) is 6.08 Å². The van der Waals surface area contributed by atoms with Crippen molar-refractivity contribution in [3.63, 3.8) is 0 Å². The van der Waals surface area contributed by atoms with Crippen LogP contribution in [0, 0.1) is 13.8 Å². The van der Waals surface area contributed by atoms with Crippen LogP contribution in [0.5, 0.6) is 0 Å². The van der Waals surface area contributed by atoms with Crippen molar-refractivity contribution < 1.29 is 13.9 Å². The molecule has 0 unspecified atom stereocenters. The van der Waals surface area contributed by atoms with Gasteiger partial charge >= 0.3 is 5.97 Å². The molecule has 0 aliphatic carbocycles. The second-order valence-electron chi connectivity index (χ2n) is 6.35. The largest absolute Gasteiger partial charge is 0.453 e. The number of benzene rings is 2. The van der Waals surface area contributed by atoms with Gasteiger partial charge in [0.1, 0.15) is 5.52 Å². The van der Waals surface area contributed by atoms with Crippen molar-refractivity contribution in [3.05, 3.63) is 83.5 Å². The predicted molar refractivity (Wildman–Crippen MR) is 106 cm³/mol. The van der Waals surface area contributed by atoms with Crippen molar-refractivity contribution in [2.45, 2.75) is 20.5 Å². The summed E-state index contributed by atoms with van der Waals surface area (Å²) >= 11 is 0. The van der Waals surface area contributed by atoms with E-state index in [4.69, 9.17) is 9.15 Å². The minimum atomic E-state index is -0.464. The lowest BCUT2D eigenvalue weighted by Gasteiger charge is -2.03. The van der Waals surface area contributed by atoms with Gasteiger partial charge in [0.2, 0.25) is 5.89 Å². The Morgan fingerprint density at radius 3 is 2.64 bits per heavy atom. The summed E-state index contributed by atoms with van der Waals surface area (Å²) < 4.78 is 12.6. The van der Waals surface area contributed by atoms with Crippen LogP contribution >= 0.6 is 0 Å². The molecule has 2 aromatic carbocycles. The summed E-state index contributed by atoms with van der Waals surface area (Å²) in [5.41, 5.74) is 5.06. The van der Waals surface area contributed by atoms with Crippen LogP contribution in [0.2, 0.25) is 0 Å². The fourth-order valence-electron chi connectivity index (χ4n) is 3.03. The van der Waals surface area contributed by atoms with Gasteiger partial charge in [0.25, 0.3) is 0 Å². The Labute approximate surface area is 162 Å². The third-order valence-corrected chi connectivity index (χ3v) is 4.41. The number of nitrogens with zero attached hydrogens (tertiary/aromatic N) is 3. The van der Waals surface area contributed by atoms with E-state index in [0.29, 0.717) is 11.5 Å². The van der Waals surface area contributed by atoms with Gasteiger partial charge < -0.3 is 9.15 Å². The number of carbonyl (C=O) groups excluding carboxylic acids is 1. The third kappa shape index (κ3) is 3.57. The summed E-state index contributed by atoms with van der Waals surface area (Å²) in [5.74, 6) is -0.0966. The van der Waals surface area contributed by atoms with Crippen molar-refractivity contribution in [3.8, 4) is 5.69 Å². The fraction of sp³-hybridized carbons (Fsp3) is 0.136. The number of ether oxygens (including phenoxy) is 1. The molecule has 0 radical (unpaired) electrons. The Kier molecular flexibility index (Phi) is 4.76. The third-order valence-electron chi connectivity index (χ3n) is 4.41. The van der Waals surface area contributed by atoms with Crippen LogP contribution < -0.4 is 0 Å². The maximum atomic E-state index is 12.1. The lowest BCUT2D eigenvalue weighted by atomic mass is 10.2. The molecule has 0 aliphatic rings. The summed E-state index contributed by atoms with van der Waals surface area (Å²) in [4.78, 5) is 16.4. The molecule has 0 amide bonds. The highest BCUT2D eigenvalue weighted by atomic mass is 16.5. The van der Waals surface area contributed by atoms with Gasteiger partial charge in [0.05, 0.1) is 11.4 Å². The number of fused-ring (bicyclic) bond motifs is 1. The molecule has 6 nitrogen and oxygen atoms in total. The van der Waals surface area contributed by atoms with Gasteiger partial charge in [-0.2, -0.15) is 5.10 Å². The van der Waals surface area contributed by atoms with Crippen LogP contribution in [0.4, 0.5) is 0 Å². The number of oxazole rings is 1. The minimum Gasteiger partial charge on any atom is -0.453 e. The van der Waals surface area contributed by atoms with E-state index >= 15 is 0 Å². The Morgan fingerprint density at radius 1 is 1.11 bits per heavy atom. The van der Waals surface area contributed by atoms with E-state index in [9.17, 15) is 4.79 Å². The van der Waals surface area contributed by atoms with E-state index in [-0.39, 0.29) is 6.61 Å². The number of carbonyl (C=O) groups is 1. The molecule has 28 heavy (non-hydrogen) atoms. The molecule has 6 heteroatoms. The average Bonchev–Trinajstić information content (AvgIpc) is 3.26. The molecule has 0 bridgehead atoms. The number of esters is 1. The van der Waals surface area contributed by atoms with Crippen LogP contribution in [0.1, 0.15) is 22.8 Å². The maximum absolute atomic E-state index is 12.1. The zero-order chi connectivity index (χ0) is 19.5. The van der Waals surface area contributed by atoms with Gasteiger partial charge in [-0.25, -0.2) is 14.5 Å². The van der Waals surface area contributed by atoms with E-state index < -0.39 is 5.97 Å². The zero-order valence-electron chi connectivity index (χ0n) is 15.6. The van der Waals surface area contributed by atoms with Crippen molar-refractivity contribution in [1.29, 1.82) is 0 Å². The zero-order valence-corrected chi connectivity index (χ0v) is 15.6. The van der Waals surface area contributed by atoms with Gasteiger partial charge in [-0.3, -0.25) is 0 Å². The van der Waals surface area contributed by atoms with Gasteiger partial charge in [0, 0.05) is 17.3 Å². The van der Waals surface area contributed by atoms with Crippen molar-refractivity contribution in [2.24, 2.45) is 0 Å². The Bertz CT molecular complexity index is 1120. The summed E-state index contributed by atoms with van der Waals surface area (Å²) in [6.45, 7) is 3.87. The summed E-state index contributed by atoms with van der Waals surface area (Å²) in [5, 5.41) is 4.56. The van der Waals surface area contributed by atoms with Crippen LogP contribution in [-0.4, -0.2) is 20.7 Å². The second-order valence-corrected chi connectivity index (χ2v) is 6.35. The van der Waals surface area contributed by atoms with E-state index in [2.05, 4.69) is 10.1 Å². The van der Waals surface area contributed by atoms with Crippen LogP contribution in [-0.2, 0) is 16.1 Å². The Hall–Kier alpha value is -3.67. The molecule has 0 fully saturated rings. The molecule has 0 N–H and O–H groups in total. The summed E-state index contributed by atoms with van der Waals surface area (Å²) in [7, 11) is 0. The van der Waals surface area contributed by atoms with Crippen LogP contribution in [0.25, 0.3) is 22.9 Å². The monoisotopic (exact) mass is 373 g/mol. The number of hydrogen-bond acceptors (Lipinski definition) is 5. The number of hydrogen-bond donors (Lipinski definition) is 0. The number of para-hydroxylation sites is 3. The van der Waals surface area contributed by atoms with Crippen LogP contribution in [0.3, 0.4) is 0 Å². The highest BCUT2D eigenvalue weighted by Gasteiger charge is 2.11. The standard InChI is InChI=1S/C22H19N3O3/c1-15-18(16(2)25(24-15)17-8-4-3-5-9-17)12-13-22(26)27-14-21-23-19-10-6-7-11-20(19)28-21/h3-13H,14H2,1-2H3/b13-12+. The molecule has 2 heterocycles. The lowest BCUT2D eigenvalue weighted by Crippen LogP contribution is -2.01. The van der Waals surface area contributed by atoms with Gasteiger partial charge in [-0.05, 0) is 44.2 Å².